The fraction of sp³-hybridized carbons (Fsp3) is 0.500. The van der Waals surface area contributed by atoms with Gasteiger partial charge in [-0.2, -0.15) is 0 Å². The second-order valence-electron chi connectivity index (χ2n) is 7.60. The van der Waals surface area contributed by atoms with Crippen molar-refractivity contribution in [3.8, 4) is 0 Å². The molecule has 1 aromatic heterocycles. The predicted octanol–water partition coefficient (Wildman–Crippen LogP) is 3.11. The summed E-state index contributed by atoms with van der Waals surface area (Å²) in [6.45, 7) is 7.82. The highest BCUT2D eigenvalue weighted by Crippen LogP contribution is 2.20. The first-order chi connectivity index (χ1) is 14.0. The normalized spacial score (nSPS) is 14.8. The first-order valence-electron chi connectivity index (χ1n) is 10.3. The Bertz CT molecular complexity index is 839. The Hall–Kier alpha value is -2.25. The molecule has 29 heavy (non-hydrogen) atoms. The lowest BCUT2D eigenvalue weighted by Crippen LogP contribution is -2.47. The van der Waals surface area contributed by atoms with Crippen LogP contribution in [0, 0.1) is 6.92 Å². The van der Waals surface area contributed by atoms with Crippen molar-refractivity contribution in [1.82, 2.24) is 20.1 Å². The van der Waals surface area contributed by atoms with Crippen LogP contribution in [0.15, 0.2) is 24.3 Å². The lowest BCUT2D eigenvalue weighted by atomic mass is 10.1. The number of benzene rings is 1. The summed E-state index contributed by atoms with van der Waals surface area (Å²) in [5.74, 6) is -0.00563. The monoisotopic (exact) mass is 414 g/mol. The van der Waals surface area contributed by atoms with Crippen molar-refractivity contribution in [2.24, 2.45) is 0 Å². The Morgan fingerprint density at radius 3 is 2.48 bits per heavy atom. The van der Waals surface area contributed by atoms with E-state index >= 15 is 0 Å². The number of unbranched alkanes of at least 4 members (excludes halogenated alkanes) is 1. The predicted molar refractivity (Wildman–Crippen MR) is 116 cm³/mol. The van der Waals surface area contributed by atoms with Gasteiger partial charge in [-0.15, -0.1) is 11.3 Å². The number of amides is 2. The molecule has 2 heterocycles. The van der Waals surface area contributed by atoms with Crippen LogP contribution in [-0.4, -0.2) is 59.8 Å². The molecule has 156 valence electrons. The quantitative estimate of drug-likeness (QED) is 0.756. The zero-order valence-electron chi connectivity index (χ0n) is 17.5. The molecule has 1 aromatic carbocycles. The molecular formula is C22H30N4O2S. The number of hydrogen-bond acceptors (Lipinski definition) is 5. The van der Waals surface area contributed by atoms with Crippen LogP contribution in [0.2, 0.25) is 0 Å². The molecule has 1 N–H and O–H groups in total. The first-order valence-corrected chi connectivity index (χ1v) is 11.1. The molecule has 1 fully saturated rings. The van der Waals surface area contributed by atoms with Crippen LogP contribution in [-0.2, 0) is 13.0 Å². The summed E-state index contributed by atoms with van der Waals surface area (Å²) in [5.41, 5.74) is 2.47. The van der Waals surface area contributed by atoms with E-state index in [0.29, 0.717) is 17.0 Å². The number of carbonyl (C=O) groups is 2. The zero-order chi connectivity index (χ0) is 20.8. The van der Waals surface area contributed by atoms with Crippen LogP contribution >= 0.6 is 11.3 Å². The lowest BCUT2D eigenvalue weighted by molar-refractivity contribution is 0.0664. The number of aryl methyl sites for hydroxylation is 2. The van der Waals surface area contributed by atoms with E-state index in [1.165, 1.54) is 11.3 Å². The van der Waals surface area contributed by atoms with Crippen molar-refractivity contribution in [2.45, 2.75) is 39.7 Å². The minimum absolute atomic E-state index is 0.0774. The van der Waals surface area contributed by atoms with Crippen molar-refractivity contribution in [3.05, 3.63) is 51.0 Å². The largest absolute Gasteiger partial charge is 0.347 e. The maximum atomic E-state index is 12.6. The Kier molecular flexibility index (Phi) is 7.39. The minimum Gasteiger partial charge on any atom is -0.347 e. The topological polar surface area (TPSA) is 65.5 Å². The van der Waals surface area contributed by atoms with Crippen molar-refractivity contribution in [1.29, 1.82) is 0 Å². The van der Waals surface area contributed by atoms with Gasteiger partial charge in [0.1, 0.15) is 4.88 Å². The van der Waals surface area contributed by atoms with E-state index in [1.807, 2.05) is 36.1 Å². The summed E-state index contributed by atoms with van der Waals surface area (Å²) in [6.07, 6.45) is 3.14. The van der Waals surface area contributed by atoms with E-state index in [1.54, 1.807) is 0 Å². The molecule has 0 aliphatic carbocycles. The molecular weight excluding hydrogens is 384 g/mol. The van der Waals surface area contributed by atoms with Gasteiger partial charge in [-0.3, -0.25) is 9.59 Å². The SMILES string of the molecule is CCCCc1nc(C)c(C(=O)NCc2ccc(C(=O)N3CCN(C)CC3)cc2)s1. The highest BCUT2D eigenvalue weighted by molar-refractivity contribution is 7.13. The van der Waals surface area contributed by atoms with Crippen LogP contribution in [0.3, 0.4) is 0 Å². The molecule has 6 nitrogen and oxygen atoms in total. The van der Waals surface area contributed by atoms with E-state index in [-0.39, 0.29) is 11.8 Å². The lowest BCUT2D eigenvalue weighted by Gasteiger charge is -2.32. The molecule has 7 heteroatoms. The molecule has 1 aliphatic rings. The molecule has 0 unspecified atom stereocenters. The molecule has 0 saturated carbocycles. The van der Waals surface area contributed by atoms with E-state index in [4.69, 9.17) is 0 Å². The average molecular weight is 415 g/mol. The summed E-state index contributed by atoms with van der Waals surface area (Å²) < 4.78 is 0. The van der Waals surface area contributed by atoms with Crippen molar-refractivity contribution < 1.29 is 9.59 Å². The van der Waals surface area contributed by atoms with Gasteiger partial charge >= 0.3 is 0 Å². The second kappa shape index (κ2) is 9.98. The third-order valence-corrected chi connectivity index (χ3v) is 6.45. The standard InChI is InChI=1S/C22H30N4O2S/c1-4-5-6-19-24-16(2)20(29-19)21(27)23-15-17-7-9-18(10-8-17)22(28)26-13-11-25(3)12-14-26/h7-10H,4-6,11-15H2,1-3H3,(H,23,27). The number of nitrogens with one attached hydrogen (secondary N) is 1. The van der Waals surface area contributed by atoms with Crippen molar-refractivity contribution in [2.75, 3.05) is 33.2 Å². The van der Waals surface area contributed by atoms with Crippen LogP contribution in [0.1, 0.15) is 56.1 Å². The third kappa shape index (κ3) is 5.64. The maximum Gasteiger partial charge on any atom is 0.263 e. The average Bonchev–Trinajstić information content (AvgIpc) is 3.11. The van der Waals surface area contributed by atoms with Gasteiger partial charge in [0.25, 0.3) is 11.8 Å². The van der Waals surface area contributed by atoms with Gasteiger partial charge in [0.2, 0.25) is 0 Å². The Morgan fingerprint density at radius 1 is 1.14 bits per heavy atom. The maximum absolute atomic E-state index is 12.6. The number of carbonyl (C=O) groups excluding carboxylic acids is 2. The van der Waals surface area contributed by atoms with Crippen LogP contribution in [0.5, 0.6) is 0 Å². The summed E-state index contributed by atoms with van der Waals surface area (Å²) >= 11 is 1.49. The van der Waals surface area contributed by atoms with E-state index in [9.17, 15) is 9.59 Å². The Balaban J connectivity index is 1.54. The molecule has 0 bridgehead atoms. The minimum atomic E-state index is -0.0830. The molecule has 1 aliphatic heterocycles. The summed E-state index contributed by atoms with van der Waals surface area (Å²) in [7, 11) is 2.07. The van der Waals surface area contributed by atoms with Gasteiger partial charge in [-0.05, 0) is 44.5 Å². The summed E-state index contributed by atoms with van der Waals surface area (Å²) in [6, 6.07) is 7.53. The molecule has 0 radical (unpaired) electrons. The second-order valence-corrected chi connectivity index (χ2v) is 8.68. The third-order valence-electron chi connectivity index (χ3n) is 5.24. The fourth-order valence-corrected chi connectivity index (χ4v) is 4.34. The van der Waals surface area contributed by atoms with Gasteiger partial charge in [0.05, 0.1) is 10.7 Å². The summed E-state index contributed by atoms with van der Waals surface area (Å²) in [5, 5.41) is 4.00. The Labute approximate surface area is 176 Å². The first kappa shape index (κ1) is 21.5. The number of hydrogen-bond donors (Lipinski definition) is 1. The smallest absolute Gasteiger partial charge is 0.263 e. The number of likely N-dealkylation sites (N-methyl/N-ethyl adjacent to an activating group) is 1. The molecule has 3 rings (SSSR count). The number of thiazole rings is 1. The number of piperazine rings is 1. The molecule has 0 spiro atoms. The highest BCUT2D eigenvalue weighted by Gasteiger charge is 2.20. The van der Waals surface area contributed by atoms with Crippen LogP contribution in [0.25, 0.3) is 0 Å². The molecule has 2 amide bonds. The fourth-order valence-electron chi connectivity index (χ4n) is 3.32. The summed E-state index contributed by atoms with van der Waals surface area (Å²) in [4.78, 5) is 34.5. The van der Waals surface area contributed by atoms with Gasteiger partial charge in [-0.25, -0.2) is 4.98 Å². The van der Waals surface area contributed by atoms with Crippen LogP contribution < -0.4 is 5.32 Å². The van der Waals surface area contributed by atoms with E-state index < -0.39 is 0 Å². The molecule has 1 saturated heterocycles. The van der Waals surface area contributed by atoms with Gasteiger partial charge in [0.15, 0.2) is 0 Å². The van der Waals surface area contributed by atoms with E-state index in [0.717, 1.165) is 61.7 Å². The van der Waals surface area contributed by atoms with Crippen LogP contribution in [0.4, 0.5) is 0 Å². The van der Waals surface area contributed by atoms with Gasteiger partial charge < -0.3 is 15.1 Å². The van der Waals surface area contributed by atoms with Crippen molar-refractivity contribution in [3.63, 3.8) is 0 Å². The number of rotatable bonds is 7. The Morgan fingerprint density at radius 2 is 1.83 bits per heavy atom. The number of nitrogens with zero attached hydrogens (tertiary/aromatic N) is 3. The zero-order valence-corrected chi connectivity index (χ0v) is 18.3. The van der Waals surface area contributed by atoms with Crippen molar-refractivity contribution >= 4 is 23.2 Å². The number of aromatic nitrogens is 1. The van der Waals surface area contributed by atoms with Gasteiger partial charge in [0, 0.05) is 38.3 Å². The molecule has 2 aromatic rings. The van der Waals surface area contributed by atoms with Gasteiger partial charge in [-0.1, -0.05) is 25.5 Å². The highest BCUT2D eigenvalue weighted by atomic mass is 32.1. The molecule has 0 atom stereocenters. The van der Waals surface area contributed by atoms with E-state index in [2.05, 4.69) is 29.2 Å².